The van der Waals surface area contributed by atoms with Crippen molar-refractivity contribution in [2.75, 3.05) is 26.0 Å². The monoisotopic (exact) mass is 347 g/mol. The van der Waals surface area contributed by atoms with E-state index in [1.165, 1.54) is 10.4 Å². The van der Waals surface area contributed by atoms with Crippen LogP contribution in [0.5, 0.6) is 5.75 Å². The van der Waals surface area contributed by atoms with Gasteiger partial charge in [0, 0.05) is 19.3 Å². The molecule has 124 valence electrons. The smallest absolute Gasteiger partial charge is 0.243 e. The van der Waals surface area contributed by atoms with Crippen molar-refractivity contribution >= 4 is 19.9 Å². The lowest BCUT2D eigenvalue weighted by atomic mass is 10.2. The second kappa shape index (κ2) is 6.17. The summed E-state index contributed by atoms with van der Waals surface area (Å²) in [5, 5.41) is -0.619. The average Bonchev–Trinajstić information content (AvgIpc) is 2.91. The van der Waals surface area contributed by atoms with Crippen molar-refractivity contribution in [2.45, 2.75) is 30.4 Å². The van der Waals surface area contributed by atoms with E-state index in [9.17, 15) is 16.8 Å². The summed E-state index contributed by atoms with van der Waals surface area (Å²) in [5.41, 5.74) is 0.738. The third-order valence-corrected chi connectivity index (χ3v) is 7.25. The standard InChI is InChI=1S/C14H21NO5S2/c1-4-20-14-6-5-12(9-11(14)2)22(18,19)15-8-7-13(10-15)21(3,16)17/h5-6,9,13H,4,7-8,10H2,1-3H3/t13-/m1/s1. The first kappa shape index (κ1) is 17.2. The lowest BCUT2D eigenvalue weighted by Crippen LogP contribution is -2.31. The maximum absolute atomic E-state index is 12.6. The van der Waals surface area contributed by atoms with Crippen LogP contribution in [0.3, 0.4) is 0 Å². The van der Waals surface area contributed by atoms with Crippen molar-refractivity contribution in [2.24, 2.45) is 0 Å². The van der Waals surface area contributed by atoms with Crippen LogP contribution < -0.4 is 4.74 Å². The highest BCUT2D eigenvalue weighted by molar-refractivity contribution is 7.91. The van der Waals surface area contributed by atoms with Crippen molar-refractivity contribution in [3.63, 3.8) is 0 Å². The molecule has 1 aromatic carbocycles. The van der Waals surface area contributed by atoms with Gasteiger partial charge in [0.1, 0.15) is 5.75 Å². The molecule has 1 aliphatic rings. The van der Waals surface area contributed by atoms with Gasteiger partial charge in [0.25, 0.3) is 0 Å². The highest BCUT2D eigenvalue weighted by Crippen LogP contribution is 2.27. The Labute approximate surface area is 132 Å². The molecule has 1 aliphatic heterocycles. The minimum absolute atomic E-state index is 0.0213. The van der Waals surface area contributed by atoms with Gasteiger partial charge in [-0.2, -0.15) is 4.31 Å². The summed E-state index contributed by atoms with van der Waals surface area (Å²) in [7, 11) is -6.90. The molecular formula is C14H21NO5S2. The van der Waals surface area contributed by atoms with Crippen LogP contribution in [0.25, 0.3) is 0 Å². The third kappa shape index (κ3) is 3.44. The molecule has 2 rings (SSSR count). The Kier molecular flexibility index (Phi) is 4.84. The van der Waals surface area contributed by atoms with E-state index in [0.29, 0.717) is 18.8 Å². The molecule has 1 heterocycles. The van der Waals surface area contributed by atoms with Gasteiger partial charge in [0.2, 0.25) is 10.0 Å². The molecule has 1 atom stereocenters. The first-order chi connectivity index (χ1) is 10.2. The highest BCUT2D eigenvalue weighted by atomic mass is 32.2. The zero-order valence-electron chi connectivity index (χ0n) is 12.9. The molecule has 0 amide bonds. The van der Waals surface area contributed by atoms with Crippen molar-refractivity contribution in [1.82, 2.24) is 4.31 Å². The quantitative estimate of drug-likeness (QED) is 0.799. The minimum Gasteiger partial charge on any atom is -0.494 e. The molecule has 0 aliphatic carbocycles. The lowest BCUT2D eigenvalue weighted by Gasteiger charge is -2.17. The molecule has 0 bridgehead atoms. The maximum atomic E-state index is 12.6. The number of sulfonamides is 1. The largest absolute Gasteiger partial charge is 0.494 e. The van der Waals surface area contributed by atoms with E-state index in [1.807, 2.05) is 6.92 Å². The molecule has 0 saturated carbocycles. The summed E-state index contributed by atoms with van der Waals surface area (Å²) >= 11 is 0. The zero-order chi connectivity index (χ0) is 16.5. The number of nitrogens with zero attached hydrogens (tertiary/aromatic N) is 1. The first-order valence-corrected chi connectivity index (χ1v) is 10.5. The van der Waals surface area contributed by atoms with Crippen molar-refractivity contribution in [1.29, 1.82) is 0 Å². The number of ether oxygens (including phenoxy) is 1. The molecule has 1 aromatic rings. The molecule has 0 radical (unpaired) electrons. The van der Waals surface area contributed by atoms with Gasteiger partial charge in [-0.15, -0.1) is 0 Å². The van der Waals surface area contributed by atoms with Crippen LogP contribution in [-0.2, 0) is 19.9 Å². The van der Waals surface area contributed by atoms with Crippen LogP contribution in [0, 0.1) is 6.92 Å². The summed E-state index contributed by atoms with van der Waals surface area (Å²) in [5.74, 6) is 0.650. The summed E-state index contributed by atoms with van der Waals surface area (Å²) in [6, 6.07) is 4.70. The number of sulfone groups is 1. The first-order valence-electron chi connectivity index (χ1n) is 7.08. The minimum atomic E-state index is -3.67. The van der Waals surface area contributed by atoms with Crippen molar-refractivity contribution in [3.05, 3.63) is 23.8 Å². The fourth-order valence-corrected chi connectivity index (χ4v) is 5.18. The molecule has 8 heteroatoms. The van der Waals surface area contributed by atoms with Gasteiger partial charge in [-0.25, -0.2) is 16.8 Å². The topological polar surface area (TPSA) is 80.8 Å². The summed E-state index contributed by atoms with van der Waals surface area (Å²) in [6.45, 7) is 4.40. The van der Waals surface area contributed by atoms with Crippen LogP contribution >= 0.6 is 0 Å². The Morgan fingerprint density at radius 1 is 1.27 bits per heavy atom. The molecule has 22 heavy (non-hydrogen) atoms. The predicted molar refractivity (Wildman–Crippen MR) is 84.4 cm³/mol. The molecule has 6 nitrogen and oxygen atoms in total. The number of hydrogen-bond donors (Lipinski definition) is 0. The molecule has 1 saturated heterocycles. The average molecular weight is 347 g/mol. The van der Waals surface area contributed by atoms with Gasteiger partial charge in [0.15, 0.2) is 9.84 Å². The van der Waals surface area contributed by atoms with Crippen LogP contribution in [0.15, 0.2) is 23.1 Å². The van der Waals surface area contributed by atoms with Crippen LogP contribution in [0.2, 0.25) is 0 Å². The van der Waals surface area contributed by atoms with Crippen molar-refractivity contribution in [3.8, 4) is 5.75 Å². The van der Waals surface area contributed by atoms with Gasteiger partial charge in [-0.3, -0.25) is 0 Å². The van der Waals surface area contributed by atoms with E-state index >= 15 is 0 Å². The third-order valence-electron chi connectivity index (χ3n) is 3.80. The predicted octanol–water partition coefficient (Wildman–Crippen LogP) is 1.20. The molecule has 0 spiro atoms. The summed E-state index contributed by atoms with van der Waals surface area (Å²) < 4.78 is 55.0. The molecule has 0 aromatic heterocycles. The van der Waals surface area contributed by atoms with Gasteiger partial charge >= 0.3 is 0 Å². The van der Waals surface area contributed by atoms with E-state index in [1.54, 1.807) is 19.1 Å². The van der Waals surface area contributed by atoms with E-state index in [-0.39, 0.29) is 18.0 Å². The Balaban J connectivity index is 2.27. The Morgan fingerprint density at radius 3 is 2.45 bits per heavy atom. The normalized spacial score (nSPS) is 20.2. The van der Waals surface area contributed by atoms with Crippen LogP contribution in [-0.4, -0.2) is 52.3 Å². The van der Waals surface area contributed by atoms with Crippen LogP contribution in [0.1, 0.15) is 18.9 Å². The molecule has 0 unspecified atom stereocenters. The van der Waals surface area contributed by atoms with E-state index in [0.717, 1.165) is 11.8 Å². The Bertz CT molecular complexity index is 755. The lowest BCUT2D eigenvalue weighted by molar-refractivity contribution is 0.337. The number of benzene rings is 1. The maximum Gasteiger partial charge on any atom is 0.243 e. The number of hydrogen-bond acceptors (Lipinski definition) is 5. The Morgan fingerprint density at radius 2 is 1.95 bits per heavy atom. The van der Waals surface area contributed by atoms with E-state index in [2.05, 4.69) is 0 Å². The van der Waals surface area contributed by atoms with Gasteiger partial charge in [0.05, 0.1) is 16.8 Å². The van der Waals surface area contributed by atoms with E-state index in [4.69, 9.17) is 4.74 Å². The van der Waals surface area contributed by atoms with Gasteiger partial charge < -0.3 is 4.74 Å². The summed E-state index contributed by atoms with van der Waals surface area (Å²) in [6.07, 6.45) is 1.49. The number of rotatable bonds is 5. The molecular weight excluding hydrogens is 326 g/mol. The fourth-order valence-electron chi connectivity index (χ4n) is 2.51. The van der Waals surface area contributed by atoms with Crippen molar-refractivity contribution < 1.29 is 21.6 Å². The zero-order valence-corrected chi connectivity index (χ0v) is 14.6. The second-order valence-electron chi connectivity index (χ2n) is 5.46. The second-order valence-corrected chi connectivity index (χ2v) is 9.73. The SMILES string of the molecule is CCOc1ccc(S(=O)(=O)N2CC[C@@H](S(C)(=O)=O)C2)cc1C. The van der Waals surface area contributed by atoms with Gasteiger partial charge in [-0.1, -0.05) is 0 Å². The number of aryl methyl sites for hydroxylation is 1. The Hall–Kier alpha value is -1.12. The molecule has 0 N–H and O–H groups in total. The summed E-state index contributed by atoms with van der Waals surface area (Å²) in [4.78, 5) is 0.169. The highest BCUT2D eigenvalue weighted by Gasteiger charge is 2.37. The fraction of sp³-hybridized carbons (Fsp3) is 0.571. The van der Waals surface area contributed by atoms with Crippen LogP contribution in [0.4, 0.5) is 0 Å². The van der Waals surface area contributed by atoms with Gasteiger partial charge in [-0.05, 0) is 44.0 Å². The molecule has 1 fully saturated rings. The van der Waals surface area contributed by atoms with E-state index < -0.39 is 25.1 Å².